The van der Waals surface area contributed by atoms with Crippen LogP contribution in [0.25, 0.3) is 0 Å². The topological polar surface area (TPSA) is 67.9 Å². The molecule has 0 aliphatic carbocycles. The Morgan fingerprint density at radius 1 is 1.20 bits per heavy atom. The molecule has 0 saturated carbocycles. The third-order valence-corrected chi connectivity index (χ3v) is 3.45. The van der Waals surface area contributed by atoms with E-state index in [4.69, 9.17) is 9.47 Å². The van der Waals surface area contributed by atoms with Crippen LogP contribution in [-0.4, -0.2) is 62.3 Å². The van der Waals surface area contributed by atoms with Gasteiger partial charge in [-0.15, -0.1) is 0 Å². The third kappa shape index (κ3) is 4.45. The molecular formula is C14H26N2O4. The number of amides is 2. The Balaban J connectivity index is 2.56. The van der Waals surface area contributed by atoms with Gasteiger partial charge in [0.25, 0.3) is 0 Å². The molecule has 1 fully saturated rings. The molecule has 0 aromatic heterocycles. The van der Waals surface area contributed by atoms with Crippen LogP contribution in [0, 0.1) is 0 Å². The molecule has 0 radical (unpaired) electrons. The van der Waals surface area contributed by atoms with Crippen molar-refractivity contribution < 1.29 is 19.1 Å². The lowest BCUT2D eigenvalue weighted by atomic mass is 10.0. The van der Waals surface area contributed by atoms with E-state index in [1.54, 1.807) is 12.0 Å². The number of carbonyl (C=O) groups is 2. The van der Waals surface area contributed by atoms with Crippen molar-refractivity contribution in [3.8, 4) is 0 Å². The first-order valence-corrected chi connectivity index (χ1v) is 7.33. The molecule has 1 heterocycles. The highest BCUT2D eigenvalue weighted by atomic mass is 16.5. The van der Waals surface area contributed by atoms with Crippen molar-refractivity contribution in [2.45, 2.75) is 45.2 Å². The number of rotatable bonds is 9. The number of ether oxygens (including phenoxy) is 2. The van der Waals surface area contributed by atoms with Crippen LogP contribution in [0.1, 0.15) is 33.1 Å². The zero-order valence-corrected chi connectivity index (χ0v) is 12.7. The molecule has 116 valence electrons. The molecular weight excluding hydrogens is 260 g/mol. The number of nitrogens with one attached hydrogen (secondary N) is 1. The molecule has 0 bridgehead atoms. The van der Waals surface area contributed by atoms with Crippen molar-refractivity contribution in [1.82, 2.24) is 10.2 Å². The molecule has 20 heavy (non-hydrogen) atoms. The number of hydrogen-bond acceptors (Lipinski definition) is 4. The van der Waals surface area contributed by atoms with E-state index >= 15 is 0 Å². The molecule has 0 aromatic carbocycles. The molecule has 2 amide bonds. The molecule has 1 aliphatic rings. The Morgan fingerprint density at radius 3 is 2.55 bits per heavy atom. The normalized spacial score (nSPS) is 23.1. The van der Waals surface area contributed by atoms with Crippen LogP contribution < -0.4 is 5.32 Å². The van der Waals surface area contributed by atoms with E-state index < -0.39 is 0 Å². The number of methoxy groups -OCH3 is 1. The van der Waals surface area contributed by atoms with E-state index in [2.05, 4.69) is 5.32 Å². The second-order valence-electron chi connectivity index (χ2n) is 4.91. The lowest BCUT2D eigenvalue weighted by molar-refractivity contribution is -0.150. The average molecular weight is 286 g/mol. The monoisotopic (exact) mass is 286 g/mol. The smallest absolute Gasteiger partial charge is 0.245 e. The maximum Gasteiger partial charge on any atom is 0.245 e. The summed E-state index contributed by atoms with van der Waals surface area (Å²) in [5.74, 6) is -0.0453. The van der Waals surface area contributed by atoms with Gasteiger partial charge in [-0.1, -0.05) is 20.3 Å². The summed E-state index contributed by atoms with van der Waals surface area (Å²) >= 11 is 0. The van der Waals surface area contributed by atoms with Gasteiger partial charge in [-0.2, -0.15) is 0 Å². The minimum absolute atomic E-state index is 0.00800. The molecule has 2 unspecified atom stereocenters. The minimum Gasteiger partial charge on any atom is -0.382 e. The van der Waals surface area contributed by atoms with Gasteiger partial charge >= 0.3 is 0 Å². The van der Waals surface area contributed by atoms with E-state index in [1.165, 1.54) is 0 Å². The summed E-state index contributed by atoms with van der Waals surface area (Å²) in [6.07, 6.45) is 2.17. The number of carbonyl (C=O) groups excluding carboxylic acids is 2. The Bertz CT molecular complexity index is 322. The zero-order valence-electron chi connectivity index (χ0n) is 12.7. The highest BCUT2D eigenvalue weighted by molar-refractivity contribution is 5.96. The average Bonchev–Trinajstić information content (AvgIpc) is 2.43. The Labute approximate surface area is 120 Å². The summed E-state index contributed by atoms with van der Waals surface area (Å²) in [6, 6.07) is -0.754. The van der Waals surface area contributed by atoms with Crippen LogP contribution in [0.3, 0.4) is 0 Å². The van der Waals surface area contributed by atoms with Crippen molar-refractivity contribution in [2.24, 2.45) is 0 Å². The fourth-order valence-electron chi connectivity index (χ4n) is 2.39. The molecule has 1 rings (SSSR count). The molecule has 6 nitrogen and oxygen atoms in total. The van der Waals surface area contributed by atoms with Crippen LogP contribution in [0.2, 0.25) is 0 Å². The first-order valence-electron chi connectivity index (χ1n) is 7.33. The second-order valence-corrected chi connectivity index (χ2v) is 4.91. The zero-order chi connectivity index (χ0) is 15.0. The quantitative estimate of drug-likeness (QED) is 0.629. The van der Waals surface area contributed by atoms with Gasteiger partial charge in [-0.3, -0.25) is 9.59 Å². The SMILES string of the molecule is CCCC1NC(=O)C(CC)N(CCOCCOC)C1=O. The summed E-state index contributed by atoms with van der Waals surface area (Å²) in [6.45, 7) is 5.83. The lowest BCUT2D eigenvalue weighted by Crippen LogP contribution is -2.63. The Kier molecular flexibility index (Phi) is 7.54. The number of piperazine rings is 1. The fraction of sp³-hybridized carbons (Fsp3) is 0.857. The molecule has 6 heteroatoms. The second kappa shape index (κ2) is 8.92. The Hall–Kier alpha value is -1.14. The molecule has 0 aromatic rings. The first-order chi connectivity index (χ1) is 9.65. The predicted octanol–water partition coefficient (Wildman–Crippen LogP) is 0.555. The van der Waals surface area contributed by atoms with Gasteiger partial charge in [0.1, 0.15) is 12.1 Å². The standard InChI is InChI=1S/C14H26N2O4/c1-4-6-11-14(18)16(7-8-20-10-9-19-3)12(5-2)13(17)15-11/h11-12H,4-10H2,1-3H3,(H,15,17). The Morgan fingerprint density at radius 2 is 1.95 bits per heavy atom. The summed E-state index contributed by atoms with van der Waals surface area (Å²) in [7, 11) is 1.62. The van der Waals surface area contributed by atoms with E-state index in [0.717, 1.165) is 6.42 Å². The van der Waals surface area contributed by atoms with Crippen LogP contribution in [0.4, 0.5) is 0 Å². The van der Waals surface area contributed by atoms with Crippen LogP contribution in [0.5, 0.6) is 0 Å². The highest BCUT2D eigenvalue weighted by Crippen LogP contribution is 2.15. The fourth-order valence-corrected chi connectivity index (χ4v) is 2.39. The van der Waals surface area contributed by atoms with E-state index in [9.17, 15) is 9.59 Å². The summed E-state index contributed by atoms with van der Waals surface area (Å²) in [5, 5.41) is 2.82. The maximum atomic E-state index is 12.4. The van der Waals surface area contributed by atoms with Crippen LogP contribution in [-0.2, 0) is 19.1 Å². The summed E-state index contributed by atoms with van der Waals surface area (Å²) in [4.78, 5) is 26.1. The molecule has 1 saturated heterocycles. The van der Waals surface area contributed by atoms with Gasteiger partial charge in [-0.25, -0.2) is 0 Å². The van der Waals surface area contributed by atoms with Crippen molar-refractivity contribution >= 4 is 11.8 Å². The van der Waals surface area contributed by atoms with E-state index in [-0.39, 0.29) is 23.9 Å². The van der Waals surface area contributed by atoms with Gasteiger partial charge in [0.05, 0.1) is 19.8 Å². The first kappa shape index (κ1) is 16.9. The van der Waals surface area contributed by atoms with Crippen molar-refractivity contribution in [3.63, 3.8) is 0 Å². The van der Waals surface area contributed by atoms with Gasteiger partial charge in [0.15, 0.2) is 0 Å². The molecule has 2 atom stereocenters. The molecule has 0 spiro atoms. The van der Waals surface area contributed by atoms with Gasteiger partial charge < -0.3 is 19.7 Å². The maximum absolute atomic E-state index is 12.4. The highest BCUT2D eigenvalue weighted by Gasteiger charge is 2.38. The minimum atomic E-state index is -0.380. The lowest BCUT2D eigenvalue weighted by Gasteiger charge is -2.38. The molecule has 1 N–H and O–H groups in total. The summed E-state index contributed by atoms with van der Waals surface area (Å²) in [5.41, 5.74) is 0. The van der Waals surface area contributed by atoms with Gasteiger partial charge in [-0.05, 0) is 12.8 Å². The van der Waals surface area contributed by atoms with Crippen LogP contribution >= 0.6 is 0 Å². The third-order valence-electron chi connectivity index (χ3n) is 3.45. The predicted molar refractivity (Wildman–Crippen MR) is 75.3 cm³/mol. The van der Waals surface area contributed by atoms with Crippen molar-refractivity contribution in [3.05, 3.63) is 0 Å². The summed E-state index contributed by atoms with van der Waals surface area (Å²) < 4.78 is 10.3. The number of nitrogens with zero attached hydrogens (tertiary/aromatic N) is 1. The van der Waals surface area contributed by atoms with Crippen molar-refractivity contribution in [1.29, 1.82) is 0 Å². The van der Waals surface area contributed by atoms with E-state index in [1.807, 2.05) is 13.8 Å². The largest absolute Gasteiger partial charge is 0.382 e. The van der Waals surface area contributed by atoms with Crippen molar-refractivity contribution in [2.75, 3.05) is 33.5 Å². The van der Waals surface area contributed by atoms with Gasteiger partial charge in [0, 0.05) is 13.7 Å². The van der Waals surface area contributed by atoms with Crippen LogP contribution in [0.15, 0.2) is 0 Å². The number of hydrogen-bond donors (Lipinski definition) is 1. The van der Waals surface area contributed by atoms with Gasteiger partial charge in [0.2, 0.25) is 11.8 Å². The molecule has 1 aliphatic heterocycles. The van der Waals surface area contributed by atoms with E-state index in [0.29, 0.717) is 39.2 Å².